The van der Waals surface area contributed by atoms with E-state index in [0.717, 1.165) is 4.47 Å². The standard InChI is InChI=1S/C20H16Br2N2O4S/c1-3-28-17-15(22)9-11(10-16(17)27-2)8-14-18(25)23-20(29)24(19(14)26)13-6-4-12(21)5-7-13/h4-10H,3H2,1-2H3,(H,23,25,29)/b14-8+. The highest BCUT2D eigenvalue weighted by Crippen LogP contribution is 2.37. The summed E-state index contributed by atoms with van der Waals surface area (Å²) in [6.45, 7) is 2.34. The van der Waals surface area contributed by atoms with Gasteiger partial charge in [0.25, 0.3) is 11.8 Å². The molecule has 150 valence electrons. The number of halogens is 2. The molecule has 0 atom stereocenters. The van der Waals surface area contributed by atoms with Gasteiger partial charge < -0.3 is 9.47 Å². The summed E-state index contributed by atoms with van der Waals surface area (Å²) in [4.78, 5) is 26.8. The van der Waals surface area contributed by atoms with Crippen LogP contribution in [0, 0.1) is 0 Å². The van der Waals surface area contributed by atoms with Crippen molar-refractivity contribution in [1.29, 1.82) is 0 Å². The van der Waals surface area contributed by atoms with Crippen molar-refractivity contribution in [3.8, 4) is 11.5 Å². The first-order valence-corrected chi connectivity index (χ1v) is 10.5. The van der Waals surface area contributed by atoms with E-state index >= 15 is 0 Å². The molecule has 0 spiro atoms. The number of carbonyl (C=O) groups is 2. The lowest BCUT2D eigenvalue weighted by atomic mass is 10.1. The fourth-order valence-corrected chi connectivity index (χ4v) is 3.88. The van der Waals surface area contributed by atoms with Gasteiger partial charge in [0.1, 0.15) is 5.57 Å². The number of nitrogens with one attached hydrogen (secondary N) is 1. The highest BCUT2D eigenvalue weighted by molar-refractivity contribution is 9.10. The van der Waals surface area contributed by atoms with Crippen LogP contribution in [0.25, 0.3) is 6.08 Å². The fourth-order valence-electron chi connectivity index (χ4n) is 2.76. The molecule has 1 heterocycles. The highest BCUT2D eigenvalue weighted by atomic mass is 79.9. The van der Waals surface area contributed by atoms with Gasteiger partial charge in [-0.05, 0) is 83.1 Å². The molecule has 2 aromatic carbocycles. The third kappa shape index (κ3) is 4.52. The van der Waals surface area contributed by atoms with E-state index in [2.05, 4.69) is 37.2 Å². The van der Waals surface area contributed by atoms with E-state index in [4.69, 9.17) is 21.7 Å². The summed E-state index contributed by atoms with van der Waals surface area (Å²) >= 11 is 12.0. The summed E-state index contributed by atoms with van der Waals surface area (Å²) in [5, 5.41) is 2.60. The zero-order chi connectivity index (χ0) is 21.1. The lowest BCUT2D eigenvalue weighted by Gasteiger charge is -2.29. The minimum atomic E-state index is -0.558. The third-order valence-electron chi connectivity index (χ3n) is 4.04. The van der Waals surface area contributed by atoms with Crippen LogP contribution in [-0.2, 0) is 9.59 Å². The molecule has 9 heteroatoms. The van der Waals surface area contributed by atoms with Gasteiger partial charge in [-0.1, -0.05) is 15.9 Å². The summed E-state index contributed by atoms with van der Waals surface area (Å²) in [6, 6.07) is 10.5. The number of ether oxygens (including phenoxy) is 2. The molecule has 2 amide bonds. The first-order valence-electron chi connectivity index (χ1n) is 8.53. The maximum atomic E-state index is 13.1. The highest BCUT2D eigenvalue weighted by Gasteiger charge is 2.34. The number of amides is 2. The predicted molar refractivity (Wildman–Crippen MR) is 122 cm³/mol. The molecule has 0 saturated carbocycles. The SMILES string of the molecule is CCOc1c(Br)cc(/C=C2\C(=O)NC(=S)N(c3ccc(Br)cc3)C2=O)cc1OC. The Morgan fingerprint density at radius 1 is 1.17 bits per heavy atom. The summed E-state index contributed by atoms with van der Waals surface area (Å²) in [5.74, 6) is -0.0337. The molecule has 6 nitrogen and oxygen atoms in total. The number of anilines is 1. The molecule has 1 aliphatic rings. The second kappa shape index (κ2) is 9.06. The summed E-state index contributed by atoms with van der Waals surface area (Å²) < 4.78 is 12.5. The van der Waals surface area contributed by atoms with Crippen LogP contribution in [0.1, 0.15) is 12.5 Å². The lowest BCUT2D eigenvalue weighted by Crippen LogP contribution is -2.54. The molecule has 1 fully saturated rings. The number of hydrogen-bond donors (Lipinski definition) is 1. The van der Waals surface area contributed by atoms with Crippen molar-refractivity contribution in [2.75, 3.05) is 18.6 Å². The van der Waals surface area contributed by atoms with Gasteiger partial charge >= 0.3 is 0 Å². The van der Waals surface area contributed by atoms with E-state index in [1.165, 1.54) is 18.1 Å². The molecule has 0 radical (unpaired) electrons. The van der Waals surface area contributed by atoms with E-state index in [0.29, 0.717) is 33.8 Å². The molecule has 0 aromatic heterocycles. The van der Waals surface area contributed by atoms with Crippen LogP contribution in [0.4, 0.5) is 5.69 Å². The molecule has 0 bridgehead atoms. The molecule has 0 aliphatic carbocycles. The van der Waals surface area contributed by atoms with E-state index in [1.54, 1.807) is 36.4 Å². The molecule has 1 saturated heterocycles. The second-order valence-corrected chi connectivity index (χ2v) is 8.06. The maximum absolute atomic E-state index is 13.1. The minimum Gasteiger partial charge on any atom is -0.493 e. The van der Waals surface area contributed by atoms with Crippen LogP contribution in [0.15, 0.2) is 50.9 Å². The van der Waals surface area contributed by atoms with Crippen LogP contribution in [-0.4, -0.2) is 30.6 Å². The van der Waals surface area contributed by atoms with E-state index in [9.17, 15) is 9.59 Å². The molecule has 0 unspecified atom stereocenters. The number of rotatable bonds is 5. The topological polar surface area (TPSA) is 67.9 Å². The number of hydrogen-bond acceptors (Lipinski definition) is 5. The zero-order valence-electron chi connectivity index (χ0n) is 15.5. The Kier molecular flexibility index (Phi) is 6.71. The molecule has 2 aromatic rings. The second-order valence-electron chi connectivity index (χ2n) is 5.90. The molecular weight excluding hydrogens is 524 g/mol. The Morgan fingerprint density at radius 2 is 1.86 bits per heavy atom. The Hall–Kier alpha value is -2.23. The monoisotopic (exact) mass is 538 g/mol. The van der Waals surface area contributed by atoms with Crippen molar-refractivity contribution in [1.82, 2.24) is 5.32 Å². The van der Waals surface area contributed by atoms with Gasteiger partial charge in [0.2, 0.25) is 0 Å². The van der Waals surface area contributed by atoms with Gasteiger partial charge in [0.15, 0.2) is 16.6 Å². The number of nitrogens with zero attached hydrogens (tertiary/aromatic N) is 1. The number of thiocarbonyl (C=S) groups is 1. The van der Waals surface area contributed by atoms with Crippen molar-refractivity contribution >= 4 is 72.8 Å². The number of methoxy groups -OCH3 is 1. The van der Waals surface area contributed by atoms with E-state index < -0.39 is 11.8 Å². The van der Waals surface area contributed by atoms with Gasteiger partial charge in [0.05, 0.1) is 23.9 Å². The Morgan fingerprint density at radius 3 is 2.48 bits per heavy atom. The summed E-state index contributed by atoms with van der Waals surface area (Å²) in [5.41, 5.74) is 1.11. The third-order valence-corrected chi connectivity index (χ3v) is 5.44. The molecule has 1 aliphatic heterocycles. The smallest absolute Gasteiger partial charge is 0.270 e. The fraction of sp³-hybridized carbons (Fsp3) is 0.150. The average Bonchev–Trinajstić information content (AvgIpc) is 2.68. The van der Waals surface area contributed by atoms with Crippen LogP contribution < -0.4 is 19.7 Å². The van der Waals surface area contributed by atoms with Gasteiger partial charge in [-0.3, -0.25) is 19.8 Å². The van der Waals surface area contributed by atoms with Crippen molar-refractivity contribution in [2.45, 2.75) is 6.92 Å². The van der Waals surface area contributed by atoms with Crippen molar-refractivity contribution in [3.63, 3.8) is 0 Å². The lowest BCUT2D eigenvalue weighted by molar-refractivity contribution is -0.122. The normalized spacial score (nSPS) is 15.5. The molecule has 29 heavy (non-hydrogen) atoms. The summed E-state index contributed by atoms with van der Waals surface area (Å²) in [6.07, 6.45) is 1.49. The van der Waals surface area contributed by atoms with E-state index in [1.807, 2.05) is 6.92 Å². The Bertz CT molecular complexity index is 1020. The number of benzene rings is 2. The van der Waals surface area contributed by atoms with Crippen LogP contribution >= 0.6 is 44.1 Å². The summed E-state index contributed by atoms with van der Waals surface area (Å²) in [7, 11) is 1.52. The Labute approximate surface area is 190 Å². The van der Waals surface area contributed by atoms with Crippen molar-refractivity contribution in [3.05, 3.63) is 56.5 Å². The predicted octanol–water partition coefficient (Wildman–Crippen LogP) is 4.45. The quantitative estimate of drug-likeness (QED) is 0.345. The maximum Gasteiger partial charge on any atom is 0.270 e. The van der Waals surface area contributed by atoms with Crippen LogP contribution in [0.5, 0.6) is 11.5 Å². The van der Waals surface area contributed by atoms with Gasteiger partial charge in [0, 0.05) is 4.47 Å². The first-order chi connectivity index (χ1) is 13.8. The molecule has 3 rings (SSSR count). The minimum absolute atomic E-state index is 0.0323. The molecular formula is C20H16Br2N2O4S. The van der Waals surface area contributed by atoms with Crippen LogP contribution in [0.3, 0.4) is 0 Å². The Balaban J connectivity index is 2.02. The van der Waals surface area contributed by atoms with Gasteiger partial charge in [-0.15, -0.1) is 0 Å². The largest absolute Gasteiger partial charge is 0.493 e. The van der Waals surface area contributed by atoms with Gasteiger partial charge in [-0.2, -0.15) is 0 Å². The average molecular weight is 540 g/mol. The van der Waals surface area contributed by atoms with E-state index in [-0.39, 0.29) is 10.7 Å². The first kappa shape index (κ1) is 21.5. The number of carbonyl (C=O) groups excluding carboxylic acids is 2. The van der Waals surface area contributed by atoms with Crippen molar-refractivity contribution < 1.29 is 19.1 Å². The van der Waals surface area contributed by atoms with Gasteiger partial charge in [-0.25, -0.2) is 0 Å². The van der Waals surface area contributed by atoms with Crippen molar-refractivity contribution in [2.24, 2.45) is 0 Å². The zero-order valence-corrected chi connectivity index (χ0v) is 19.5. The molecule has 1 N–H and O–H groups in total. The van der Waals surface area contributed by atoms with Crippen LogP contribution in [0.2, 0.25) is 0 Å².